The van der Waals surface area contributed by atoms with E-state index in [1.807, 2.05) is 18.2 Å². The third kappa shape index (κ3) is 1.36. The smallest absolute Gasteiger partial charge is 0.0976 e. The van der Waals surface area contributed by atoms with Gasteiger partial charge in [0.25, 0.3) is 0 Å². The molecule has 0 radical (unpaired) electrons. The number of hydrogen-bond acceptors (Lipinski definition) is 2. The van der Waals surface area contributed by atoms with Gasteiger partial charge in [-0.1, -0.05) is 30.3 Å². The lowest BCUT2D eigenvalue weighted by molar-refractivity contribution is 0.105. The fraction of sp³-hybridized carbons (Fsp3) is 0.400. The molecule has 1 aliphatic rings. The summed E-state index contributed by atoms with van der Waals surface area (Å²) in [6.45, 7) is 0.792. The predicted octanol–water partition coefficient (Wildman–Crippen LogP) is 1.48. The Morgan fingerprint density at radius 2 is 2.00 bits per heavy atom. The first-order valence-electron chi connectivity index (χ1n) is 4.30. The first-order chi connectivity index (χ1) is 5.88. The Balaban J connectivity index is 2.19. The van der Waals surface area contributed by atoms with Crippen LogP contribution in [0.15, 0.2) is 30.3 Å². The second-order valence-corrected chi connectivity index (χ2v) is 3.15. The summed E-state index contributed by atoms with van der Waals surface area (Å²) in [4.78, 5) is 0. The van der Waals surface area contributed by atoms with E-state index in [9.17, 15) is 0 Å². The lowest BCUT2D eigenvalue weighted by Crippen LogP contribution is -2.23. The number of nitrogens with two attached hydrogens (primary N) is 1. The standard InChI is InChI=1S/C10H13NO/c11-9-6-7-12-10(9)8-4-2-1-3-5-8/h1-5,9-10H,6-7,11H2/t9-,10-/m0/s1. The molecule has 1 heterocycles. The van der Waals surface area contributed by atoms with Gasteiger partial charge in [-0.05, 0) is 12.0 Å². The Hall–Kier alpha value is -0.860. The zero-order valence-corrected chi connectivity index (χ0v) is 6.94. The summed E-state index contributed by atoms with van der Waals surface area (Å²) in [7, 11) is 0. The monoisotopic (exact) mass is 163 g/mol. The molecule has 0 unspecified atom stereocenters. The molecule has 0 aliphatic carbocycles. The van der Waals surface area contributed by atoms with Crippen molar-refractivity contribution in [3.05, 3.63) is 35.9 Å². The lowest BCUT2D eigenvalue weighted by atomic mass is 10.0. The van der Waals surface area contributed by atoms with Crippen molar-refractivity contribution in [2.24, 2.45) is 5.73 Å². The summed E-state index contributed by atoms with van der Waals surface area (Å²) < 4.78 is 5.53. The third-order valence-corrected chi connectivity index (χ3v) is 2.27. The molecule has 1 saturated heterocycles. The first-order valence-corrected chi connectivity index (χ1v) is 4.30. The van der Waals surface area contributed by atoms with E-state index >= 15 is 0 Å². The molecule has 2 atom stereocenters. The van der Waals surface area contributed by atoms with Crippen molar-refractivity contribution in [2.75, 3.05) is 6.61 Å². The summed E-state index contributed by atoms with van der Waals surface area (Å²) in [5.74, 6) is 0. The normalized spacial score (nSPS) is 29.1. The third-order valence-electron chi connectivity index (χ3n) is 2.27. The van der Waals surface area contributed by atoms with Gasteiger partial charge in [0.15, 0.2) is 0 Å². The van der Waals surface area contributed by atoms with Gasteiger partial charge in [-0.2, -0.15) is 0 Å². The number of rotatable bonds is 1. The molecule has 2 rings (SSSR count). The van der Waals surface area contributed by atoms with Crippen molar-refractivity contribution in [3.8, 4) is 0 Å². The highest BCUT2D eigenvalue weighted by Gasteiger charge is 2.25. The zero-order chi connectivity index (χ0) is 8.39. The fourth-order valence-corrected chi connectivity index (χ4v) is 1.59. The fourth-order valence-electron chi connectivity index (χ4n) is 1.59. The van der Waals surface area contributed by atoms with Crippen LogP contribution < -0.4 is 5.73 Å². The molecule has 2 heteroatoms. The second kappa shape index (κ2) is 3.25. The van der Waals surface area contributed by atoms with Crippen molar-refractivity contribution in [1.29, 1.82) is 0 Å². The Kier molecular flexibility index (Phi) is 2.11. The van der Waals surface area contributed by atoms with Crippen LogP contribution in [0.1, 0.15) is 18.1 Å². The summed E-state index contributed by atoms with van der Waals surface area (Å²) in [6, 6.07) is 10.3. The van der Waals surface area contributed by atoms with Gasteiger partial charge in [0.2, 0.25) is 0 Å². The molecule has 1 aliphatic heterocycles. The van der Waals surface area contributed by atoms with Crippen LogP contribution in [-0.4, -0.2) is 12.6 Å². The Bertz CT molecular complexity index is 247. The van der Waals surface area contributed by atoms with E-state index in [0.29, 0.717) is 0 Å². The maximum Gasteiger partial charge on any atom is 0.0976 e. The molecule has 2 nitrogen and oxygen atoms in total. The Labute approximate surface area is 72.3 Å². The highest BCUT2D eigenvalue weighted by Crippen LogP contribution is 2.26. The maximum absolute atomic E-state index is 5.89. The summed E-state index contributed by atoms with van der Waals surface area (Å²) >= 11 is 0. The SMILES string of the molecule is N[C@H]1CCO[C@H]1c1ccccc1. The molecular formula is C10H13NO. The largest absolute Gasteiger partial charge is 0.372 e. The van der Waals surface area contributed by atoms with Gasteiger partial charge in [0, 0.05) is 12.6 Å². The van der Waals surface area contributed by atoms with E-state index in [4.69, 9.17) is 10.5 Å². The molecule has 1 fully saturated rings. The van der Waals surface area contributed by atoms with Crippen LogP contribution in [0.3, 0.4) is 0 Å². The zero-order valence-electron chi connectivity index (χ0n) is 6.94. The van der Waals surface area contributed by atoms with E-state index in [1.165, 1.54) is 5.56 Å². The van der Waals surface area contributed by atoms with Gasteiger partial charge in [0.1, 0.15) is 0 Å². The van der Waals surface area contributed by atoms with E-state index in [1.54, 1.807) is 0 Å². The van der Waals surface area contributed by atoms with Crippen LogP contribution >= 0.6 is 0 Å². The van der Waals surface area contributed by atoms with Gasteiger partial charge >= 0.3 is 0 Å². The molecule has 0 spiro atoms. The minimum absolute atomic E-state index is 0.117. The summed E-state index contributed by atoms with van der Waals surface area (Å²) in [5.41, 5.74) is 7.08. The molecule has 0 saturated carbocycles. The van der Waals surface area contributed by atoms with Crippen molar-refractivity contribution in [2.45, 2.75) is 18.6 Å². The average Bonchev–Trinajstić information content (AvgIpc) is 2.53. The lowest BCUT2D eigenvalue weighted by Gasteiger charge is -2.14. The predicted molar refractivity (Wildman–Crippen MR) is 47.7 cm³/mol. The molecule has 1 aromatic rings. The highest BCUT2D eigenvalue weighted by molar-refractivity contribution is 5.19. The molecule has 1 aromatic carbocycles. The van der Waals surface area contributed by atoms with E-state index in [2.05, 4.69) is 12.1 Å². The Morgan fingerprint density at radius 3 is 2.58 bits per heavy atom. The van der Waals surface area contributed by atoms with Crippen molar-refractivity contribution >= 4 is 0 Å². The second-order valence-electron chi connectivity index (χ2n) is 3.15. The highest BCUT2D eigenvalue weighted by atomic mass is 16.5. The molecular weight excluding hydrogens is 150 g/mol. The van der Waals surface area contributed by atoms with Crippen LogP contribution in [0.2, 0.25) is 0 Å². The van der Waals surface area contributed by atoms with Gasteiger partial charge in [0.05, 0.1) is 6.10 Å². The van der Waals surface area contributed by atoms with Gasteiger partial charge in [-0.25, -0.2) is 0 Å². The van der Waals surface area contributed by atoms with Crippen LogP contribution in [0.25, 0.3) is 0 Å². The van der Waals surface area contributed by atoms with Gasteiger partial charge in [-0.3, -0.25) is 0 Å². The molecule has 2 N–H and O–H groups in total. The minimum atomic E-state index is 0.117. The Morgan fingerprint density at radius 1 is 1.25 bits per heavy atom. The summed E-state index contributed by atoms with van der Waals surface area (Å²) in [6.07, 6.45) is 1.09. The molecule has 64 valence electrons. The first kappa shape index (κ1) is 7.77. The van der Waals surface area contributed by atoms with Gasteiger partial charge < -0.3 is 10.5 Å². The van der Waals surface area contributed by atoms with Crippen LogP contribution in [0.4, 0.5) is 0 Å². The average molecular weight is 163 g/mol. The number of ether oxygens (including phenoxy) is 1. The van der Waals surface area contributed by atoms with Crippen molar-refractivity contribution in [1.82, 2.24) is 0 Å². The number of hydrogen-bond donors (Lipinski definition) is 1. The van der Waals surface area contributed by atoms with Crippen LogP contribution in [-0.2, 0) is 4.74 Å². The molecule has 0 bridgehead atoms. The minimum Gasteiger partial charge on any atom is -0.372 e. The van der Waals surface area contributed by atoms with E-state index in [-0.39, 0.29) is 12.1 Å². The summed E-state index contributed by atoms with van der Waals surface area (Å²) in [5, 5.41) is 0. The molecule has 12 heavy (non-hydrogen) atoms. The van der Waals surface area contributed by atoms with Crippen LogP contribution in [0.5, 0.6) is 0 Å². The molecule has 0 amide bonds. The quantitative estimate of drug-likeness (QED) is 0.680. The molecule has 0 aromatic heterocycles. The van der Waals surface area contributed by atoms with Crippen LogP contribution in [0, 0.1) is 0 Å². The van der Waals surface area contributed by atoms with Crippen molar-refractivity contribution < 1.29 is 4.74 Å². The van der Waals surface area contributed by atoms with Crippen molar-refractivity contribution in [3.63, 3.8) is 0 Å². The van der Waals surface area contributed by atoms with E-state index < -0.39 is 0 Å². The van der Waals surface area contributed by atoms with E-state index in [0.717, 1.165) is 13.0 Å². The topological polar surface area (TPSA) is 35.2 Å². The maximum atomic E-state index is 5.89. The van der Waals surface area contributed by atoms with Gasteiger partial charge in [-0.15, -0.1) is 0 Å². The number of benzene rings is 1.